The first-order valence-corrected chi connectivity index (χ1v) is 9.07. The minimum Gasteiger partial charge on any atom is -0.492 e. The van der Waals surface area contributed by atoms with Crippen LogP contribution in [-0.4, -0.2) is 54.3 Å². The summed E-state index contributed by atoms with van der Waals surface area (Å²) < 4.78 is 11.3. The summed E-state index contributed by atoms with van der Waals surface area (Å²) in [5.74, 6) is 1.69. The summed E-state index contributed by atoms with van der Waals surface area (Å²) in [6.45, 7) is 5.95. The summed E-state index contributed by atoms with van der Waals surface area (Å²) in [4.78, 5) is 10.2. The summed E-state index contributed by atoms with van der Waals surface area (Å²) >= 11 is 0. The number of benzene rings is 2. The van der Waals surface area contributed by atoms with Gasteiger partial charge < -0.3 is 19.8 Å². The van der Waals surface area contributed by atoms with Gasteiger partial charge in [0.15, 0.2) is 0 Å². The molecule has 0 spiro atoms. The van der Waals surface area contributed by atoms with Gasteiger partial charge in [-0.25, -0.2) is 4.98 Å². The van der Waals surface area contributed by atoms with Crippen molar-refractivity contribution in [1.29, 1.82) is 0 Å². The Morgan fingerprint density at radius 1 is 1.12 bits per heavy atom. The van der Waals surface area contributed by atoms with E-state index in [1.165, 1.54) is 0 Å². The Labute approximate surface area is 153 Å². The van der Waals surface area contributed by atoms with Gasteiger partial charge in [-0.05, 0) is 29.8 Å². The quantitative estimate of drug-likeness (QED) is 0.685. The van der Waals surface area contributed by atoms with Gasteiger partial charge in [-0.15, -0.1) is 0 Å². The topological polar surface area (TPSA) is 62.4 Å². The Balaban J connectivity index is 1.29. The van der Waals surface area contributed by atoms with E-state index in [0.717, 1.165) is 61.1 Å². The summed E-state index contributed by atoms with van der Waals surface area (Å²) in [7, 11) is 0. The zero-order valence-electron chi connectivity index (χ0n) is 14.8. The fourth-order valence-corrected chi connectivity index (χ4v) is 3.08. The summed E-state index contributed by atoms with van der Waals surface area (Å²) in [5, 5.41) is 3.34. The number of imidazole rings is 1. The second-order valence-electron chi connectivity index (χ2n) is 6.41. The Morgan fingerprint density at radius 3 is 2.88 bits per heavy atom. The van der Waals surface area contributed by atoms with Crippen molar-refractivity contribution in [3.63, 3.8) is 0 Å². The van der Waals surface area contributed by atoms with E-state index < -0.39 is 0 Å². The number of hydrogen-bond acceptors (Lipinski definition) is 5. The second-order valence-corrected chi connectivity index (χ2v) is 6.41. The molecule has 6 nitrogen and oxygen atoms in total. The van der Waals surface area contributed by atoms with Gasteiger partial charge in [-0.2, -0.15) is 0 Å². The van der Waals surface area contributed by atoms with Gasteiger partial charge in [0.25, 0.3) is 0 Å². The first-order valence-electron chi connectivity index (χ1n) is 9.07. The van der Waals surface area contributed by atoms with Crippen LogP contribution >= 0.6 is 0 Å². The van der Waals surface area contributed by atoms with Crippen LogP contribution in [0.5, 0.6) is 5.75 Å². The predicted octanol–water partition coefficient (Wildman–Crippen LogP) is 2.89. The zero-order valence-corrected chi connectivity index (χ0v) is 14.8. The van der Waals surface area contributed by atoms with E-state index in [-0.39, 0.29) is 0 Å². The van der Waals surface area contributed by atoms with E-state index in [9.17, 15) is 0 Å². The number of rotatable bonds is 7. The number of aromatic amines is 1. The van der Waals surface area contributed by atoms with Crippen LogP contribution < -0.4 is 10.1 Å². The number of fused-ring (bicyclic) bond motifs is 1. The van der Waals surface area contributed by atoms with Crippen LogP contribution in [-0.2, 0) is 11.3 Å². The number of anilines is 1. The van der Waals surface area contributed by atoms with Gasteiger partial charge in [-0.1, -0.05) is 24.3 Å². The molecule has 2 heterocycles. The second kappa shape index (κ2) is 8.21. The fourth-order valence-electron chi connectivity index (χ4n) is 3.08. The SMILES string of the molecule is c1cc(CNc2nc3ccccc3[nH]2)cc(OCCN2CCOCC2)c1. The number of para-hydroxylation sites is 2. The highest BCUT2D eigenvalue weighted by molar-refractivity contribution is 5.77. The molecule has 0 aliphatic carbocycles. The van der Waals surface area contributed by atoms with Crippen LogP contribution in [0.1, 0.15) is 5.56 Å². The molecule has 4 rings (SSSR count). The third-order valence-corrected chi connectivity index (χ3v) is 4.53. The number of H-pyrrole nitrogens is 1. The number of nitrogens with one attached hydrogen (secondary N) is 2. The molecule has 2 aromatic carbocycles. The lowest BCUT2D eigenvalue weighted by Gasteiger charge is -2.26. The van der Waals surface area contributed by atoms with Crippen molar-refractivity contribution in [3.8, 4) is 5.75 Å². The normalized spacial score (nSPS) is 15.2. The minimum absolute atomic E-state index is 0.695. The molecule has 0 bridgehead atoms. The monoisotopic (exact) mass is 352 g/mol. The zero-order chi connectivity index (χ0) is 17.6. The van der Waals surface area contributed by atoms with Crippen molar-refractivity contribution in [1.82, 2.24) is 14.9 Å². The van der Waals surface area contributed by atoms with Crippen LogP contribution in [0.2, 0.25) is 0 Å². The number of morpholine rings is 1. The van der Waals surface area contributed by atoms with E-state index in [2.05, 4.69) is 32.3 Å². The standard InChI is InChI=1S/C20H24N4O2/c1-2-7-19-18(6-1)22-20(23-19)21-15-16-4-3-5-17(14-16)26-13-10-24-8-11-25-12-9-24/h1-7,14H,8-13,15H2,(H2,21,22,23). The van der Waals surface area contributed by atoms with Crippen molar-refractivity contribution in [3.05, 3.63) is 54.1 Å². The van der Waals surface area contributed by atoms with E-state index >= 15 is 0 Å². The van der Waals surface area contributed by atoms with Crippen LogP contribution in [0.25, 0.3) is 11.0 Å². The maximum Gasteiger partial charge on any atom is 0.201 e. The minimum atomic E-state index is 0.695. The largest absolute Gasteiger partial charge is 0.492 e. The summed E-state index contributed by atoms with van der Waals surface area (Å²) in [6.07, 6.45) is 0. The van der Waals surface area contributed by atoms with Gasteiger partial charge >= 0.3 is 0 Å². The molecule has 1 aliphatic rings. The third kappa shape index (κ3) is 4.33. The van der Waals surface area contributed by atoms with Gasteiger partial charge in [0.05, 0.1) is 24.2 Å². The van der Waals surface area contributed by atoms with Crippen LogP contribution in [0, 0.1) is 0 Å². The molecule has 1 saturated heterocycles. The molecule has 0 unspecified atom stereocenters. The molecule has 136 valence electrons. The molecule has 0 amide bonds. The van der Waals surface area contributed by atoms with Crippen molar-refractivity contribution in [2.75, 3.05) is 44.8 Å². The van der Waals surface area contributed by atoms with Crippen LogP contribution in [0.3, 0.4) is 0 Å². The molecular formula is C20H24N4O2. The highest BCUT2D eigenvalue weighted by Gasteiger charge is 2.09. The molecule has 1 aliphatic heterocycles. The van der Waals surface area contributed by atoms with Gasteiger partial charge in [-0.3, -0.25) is 4.90 Å². The number of ether oxygens (including phenoxy) is 2. The molecule has 0 atom stereocenters. The Morgan fingerprint density at radius 2 is 2.00 bits per heavy atom. The van der Waals surface area contributed by atoms with Crippen molar-refractivity contribution in [2.24, 2.45) is 0 Å². The predicted molar refractivity (Wildman–Crippen MR) is 103 cm³/mol. The first-order chi connectivity index (χ1) is 12.9. The summed E-state index contributed by atoms with van der Waals surface area (Å²) in [5.41, 5.74) is 3.17. The van der Waals surface area contributed by atoms with Crippen molar-refractivity contribution in [2.45, 2.75) is 6.54 Å². The fraction of sp³-hybridized carbons (Fsp3) is 0.350. The summed E-state index contributed by atoms with van der Waals surface area (Å²) in [6, 6.07) is 16.2. The maximum atomic E-state index is 5.92. The molecule has 1 fully saturated rings. The van der Waals surface area contributed by atoms with E-state index in [1.807, 2.05) is 36.4 Å². The molecule has 26 heavy (non-hydrogen) atoms. The highest BCUT2D eigenvalue weighted by Crippen LogP contribution is 2.17. The Kier molecular flexibility index (Phi) is 5.33. The average Bonchev–Trinajstić information content (AvgIpc) is 3.11. The average molecular weight is 352 g/mol. The van der Waals surface area contributed by atoms with E-state index in [4.69, 9.17) is 9.47 Å². The number of hydrogen-bond donors (Lipinski definition) is 2. The first kappa shape index (κ1) is 16.9. The molecule has 6 heteroatoms. The Hall–Kier alpha value is -2.57. The van der Waals surface area contributed by atoms with Gasteiger partial charge in [0, 0.05) is 26.2 Å². The molecule has 3 aromatic rings. The van der Waals surface area contributed by atoms with Crippen LogP contribution in [0.15, 0.2) is 48.5 Å². The van der Waals surface area contributed by atoms with Gasteiger partial charge in [0.2, 0.25) is 5.95 Å². The molecule has 2 N–H and O–H groups in total. The lowest BCUT2D eigenvalue weighted by Crippen LogP contribution is -2.38. The smallest absolute Gasteiger partial charge is 0.201 e. The Bertz CT molecular complexity index is 809. The molecule has 0 saturated carbocycles. The van der Waals surface area contributed by atoms with Crippen LogP contribution in [0.4, 0.5) is 5.95 Å². The number of aromatic nitrogens is 2. The van der Waals surface area contributed by atoms with Gasteiger partial charge in [0.1, 0.15) is 12.4 Å². The van der Waals surface area contributed by atoms with Crippen molar-refractivity contribution < 1.29 is 9.47 Å². The number of nitrogens with zero attached hydrogens (tertiary/aromatic N) is 2. The van der Waals surface area contributed by atoms with E-state index in [0.29, 0.717) is 13.2 Å². The third-order valence-electron chi connectivity index (χ3n) is 4.53. The molecule has 0 radical (unpaired) electrons. The maximum absolute atomic E-state index is 5.92. The van der Waals surface area contributed by atoms with E-state index in [1.54, 1.807) is 0 Å². The molecular weight excluding hydrogens is 328 g/mol. The lowest BCUT2D eigenvalue weighted by molar-refractivity contribution is 0.0322. The molecule has 1 aromatic heterocycles. The highest BCUT2D eigenvalue weighted by atomic mass is 16.5. The van der Waals surface area contributed by atoms with Crippen molar-refractivity contribution >= 4 is 17.0 Å². The lowest BCUT2D eigenvalue weighted by atomic mass is 10.2.